The summed E-state index contributed by atoms with van der Waals surface area (Å²) in [7, 11) is 0. The van der Waals surface area contributed by atoms with Crippen LogP contribution in [-0.2, 0) is 4.79 Å². The van der Waals surface area contributed by atoms with Gasteiger partial charge in [0.15, 0.2) is 0 Å². The lowest BCUT2D eigenvalue weighted by Crippen LogP contribution is -1.75. The van der Waals surface area contributed by atoms with Crippen molar-refractivity contribution < 1.29 is 11.3 Å². The van der Waals surface area contributed by atoms with E-state index in [1.54, 1.807) is 0 Å². The van der Waals surface area contributed by atoms with E-state index in [1.165, 1.54) is 0 Å². The molecule has 0 bridgehead atoms. The van der Waals surface area contributed by atoms with Crippen molar-refractivity contribution in [1.82, 2.24) is 0 Å². The fourth-order valence-electron chi connectivity index (χ4n) is 0.276. The van der Waals surface area contributed by atoms with Crippen molar-refractivity contribution in [1.29, 1.82) is 0 Å². The van der Waals surface area contributed by atoms with Crippen molar-refractivity contribution in [2.45, 2.75) is 47.0 Å². The number of hydrogen-bond donors (Lipinski definition) is 1. The molecule has 0 aromatic rings. The van der Waals surface area contributed by atoms with Crippen molar-refractivity contribution in [3.63, 3.8) is 0 Å². The van der Waals surface area contributed by atoms with Crippen LogP contribution in [0.1, 0.15) is 48.4 Å². The number of aliphatic hydroxyl groups excluding tert-OH is 1. The smallest absolute Gasteiger partial charge is 0.119 e. The second-order valence-electron chi connectivity index (χ2n) is 2.03. The zero-order valence-corrected chi connectivity index (χ0v) is 6.97. The van der Waals surface area contributed by atoms with Crippen molar-refractivity contribution in [3.05, 3.63) is 0 Å². The van der Waals surface area contributed by atoms with Crippen molar-refractivity contribution >= 4 is 6.29 Å². The molecule has 0 unspecified atom stereocenters. The lowest BCUT2D eigenvalue weighted by molar-refractivity contribution is -0.107. The molecule has 2 nitrogen and oxygen atoms in total. The highest BCUT2D eigenvalue weighted by atomic mass is 16.2. The highest BCUT2D eigenvalue weighted by Gasteiger charge is 1.69. The molecule has 0 fully saturated rings. The van der Waals surface area contributed by atoms with Crippen LogP contribution in [-0.4, -0.2) is 18.0 Å². The summed E-state index contributed by atoms with van der Waals surface area (Å²) in [6.07, 6.45) is 4.65. The normalized spacial score (nSPS) is 7.18. The van der Waals surface area contributed by atoms with Gasteiger partial charge in [0, 0.05) is 14.5 Å². The third-order valence-electron chi connectivity index (χ3n) is 0.918. The van der Waals surface area contributed by atoms with Crippen molar-refractivity contribution in [2.24, 2.45) is 0 Å². The van der Waals surface area contributed by atoms with E-state index >= 15 is 0 Å². The highest BCUT2D eigenvalue weighted by Crippen LogP contribution is 1.78. The number of aldehydes is 1. The van der Waals surface area contributed by atoms with E-state index in [-0.39, 0.29) is 8.85 Å². The van der Waals surface area contributed by atoms with E-state index in [1.807, 2.05) is 6.92 Å². The summed E-state index contributed by atoms with van der Waals surface area (Å²) in [4.78, 5) is 9.40. The molecule has 72 valence electrons. The molecule has 0 aliphatic carbocycles. The van der Waals surface area contributed by atoms with Gasteiger partial charge in [-0.15, -0.1) is 0 Å². The fraction of sp³-hybridized carbons (Fsp3) is 0.889. The zero-order valence-electron chi connectivity index (χ0n) is 6.97. The Morgan fingerprint density at radius 1 is 1.36 bits per heavy atom. The standard InChI is InChI=1S/C4H10O.C4H8O.CH4.H2/c2*1-2-3-4-5;;/h5H,2-4H2,1H3;4H,2-3H2,1H3;1H4;1H. The number of rotatable bonds is 4. The second kappa shape index (κ2) is 22.6. The monoisotopic (exact) mass is 164 g/mol. The van der Waals surface area contributed by atoms with Gasteiger partial charge in [-0.25, -0.2) is 0 Å². The number of unbranched alkanes of at least 4 members (excludes halogenated alkanes) is 2. The molecule has 0 aromatic heterocycles. The van der Waals surface area contributed by atoms with Gasteiger partial charge < -0.3 is 9.90 Å². The third-order valence-corrected chi connectivity index (χ3v) is 0.918. The molecule has 0 aromatic carbocycles. The summed E-state index contributed by atoms with van der Waals surface area (Å²) in [6, 6.07) is 0. The minimum atomic E-state index is 0. The summed E-state index contributed by atoms with van der Waals surface area (Å²) in [5.74, 6) is 0. The largest absolute Gasteiger partial charge is 0.396 e. The highest BCUT2D eigenvalue weighted by molar-refractivity contribution is 5.48. The molecule has 0 amide bonds. The first-order valence-electron chi connectivity index (χ1n) is 3.87. The molecule has 1 N–H and O–H groups in total. The van der Waals surface area contributed by atoms with Gasteiger partial charge in [0.05, 0.1) is 0 Å². The summed E-state index contributed by atoms with van der Waals surface area (Å²) in [6.45, 7) is 4.38. The van der Waals surface area contributed by atoms with Crippen LogP contribution in [0.2, 0.25) is 0 Å². The summed E-state index contributed by atoms with van der Waals surface area (Å²) in [5, 5.41) is 8.07. The van der Waals surface area contributed by atoms with Crippen LogP contribution in [0.3, 0.4) is 0 Å². The third kappa shape index (κ3) is 42.5. The Bertz CT molecular complexity index is 56.5. The van der Waals surface area contributed by atoms with Gasteiger partial charge in [-0.2, -0.15) is 0 Å². The Hall–Kier alpha value is -0.370. The predicted octanol–water partition coefficient (Wildman–Crippen LogP) is 2.65. The first-order chi connectivity index (χ1) is 4.83. The number of hydrogen-bond acceptors (Lipinski definition) is 2. The van der Waals surface area contributed by atoms with Gasteiger partial charge >= 0.3 is 0 Å². The molecule has 0 heterocycles. The first kappa shape index (κ1) is 16.9. The minimum absolute atomic E-state index is 0. The molecule has 0 rings (SSSR count). The molecule has 0 radical (unpaired) electrons. The zero-order chi connectivity index (χ0) is 8.24. The predicted molar refractivity (Wildman–Crippen MR) is 51.8 cm³/mol. The van der Waals surface area contributed by atoms with E-state index in [0.717, 1.165) is 25.5 Å². The fourth-order valence-corrected chi connectivity index (χ4v) is 0.276. The van der Waals surface area contributed by atoms with Crippen molar-refractivity contribution in [3.8, 4) is 0 Å². The topological polar surface area (TPSA) is 37.3 Å². The quantitative estimate of drug-likeness (QED) is 0.648. The molecule has 0 saturated heterocycles. The summed E-state index contributed by atoms with van der Waals surface area (Å²) < 4.78 is 0. The molecular weight excluding hydrogens is 140 g/mol. The molecule has 11 heavy (non-hydrogen) atoms. The van der Waals surface area contributed by atoms with Crippen LogP contribution in [0.15, 0.2) is 0 Å². The van der Waals surface area contributed by atoms with E-state index in [4.69, 9.17) is 5.11 Å². The van der Waals surface area contributed by atoms with E-state index in [9.17, 15) is 4.79 Å². The van der Waals surface area contributed by atoms with Crippen LogP contribution in [0.5, 0.6) is 0 Å². The number of carbonyl (C=O) groups excluding carboxylic acids is 1. The number of carbonyl (C=O) groups is 1. The Balaban J connectivity index is -0.0000000457. The Kier molecular flexibility index (Phi) is 34.8. The Morgan fingerprint density at radius 2 is 1.91 bits per heavy atom. The Labute approximate surface area is 72.1 Å². The maximum Gasteiger partial charge on any atom is 0.119 e. The molecule has 2 heteroatoms. The van der Waals surface area contributed by atoms with Crippen LogP contribution in [0.4, 0.5) is 0 Å². The average molecular weight is 164 g/mol. The lowest BCUT2D eigenvalue weighted by atomic mass is 10.4. The van der Waals surface area contributed by atoms with Crippen LogP contribution in [0, 0.1) is 0 Å². The Morgan fingerprint density at radius 3 is 1.91 bits per heavy atom. The van der Waals surface area contributed by atoms with Crippen LogP contribution >= 0.6 is 0 Å². The van der Waals surface area contributed by atoms with E-state index in [2.05, 4.69) is 6.92 Å². The lowest BCUT2D eigenvalue weighted by Gasteiger charge is -1.79. The first-order valence-corrected chi connectivity index (χ1v) is 3.87. The average Bonchev–Trinajstić information content (AvgIpc) is 1.93. The molecule has 0 atom stereocenters. The molecular formula is C9H24O2. The number of aliphatic hydroxyl groups is 1. The van der Waals surface area contributed by atoms with Crippen LogP contribution in [0.25, 0.3) is 0 Å². The minimum Gasteiger partial charge on any atom is -0.396 e. The second-order valence-corrected chi connectivity index (χ2v) is 2.03. The summed E-state index contributed by atoms with van der Waals surface area (Å²) in [5.41, 5.74) is 0. The van der Waals surface area contributed by atoms with E-state index < -0.39 is 0 Å². The summed E-state index contributed by atoms with van der Waals surface area (Å²) >= 11 is 0. The molecule has 0 spiro atoms. The molecule has 0 aliphatic rings. The van der Waals surface area contributed by atoms with Gasteiger partial charge in [-0.3, -0.25) is 0 Å². The SMILES string of the molecule is C.CCCC=O.CCCCO.[HH]. The van der Waals surface area contributed by atoms with Gasteiger partial charge in [0.25, 0.3) is 0 Å². The maximum absolute atomic E-state index is 9.40. The van der Waals surface area contributed by atoms with Gasteiger partial charge in [-0.1, -0.05) is 27.7 Å². The van der Waals surface area contributed by atoms with Crippen molar-refractivity contribution in [2.75, 3.05) is 6.61 Å². The molecule has 0 saturated carbocycles. The van der Waals surface area contributed by atoms with E-state index in [0.29, 0.717) is 13.0 Å². The van der Waals surface area contributed by atoms with Gasteiger partial charge in [-0.05, 0) is 12.8 Å². The van der Waals surface area contributed by atoms with Gasteiger partial charge in [0.2, 0.25) is 0 Å². The molecule has 0 aliphatic heterocycles. The van der Waals surface area contributed by atoms with Gasteiger partial charge in [0.1, 0.15) is 6.29 Å². The van der Waals surface area contributed by atoms with Crippen LogP contribution < -0.4 is 0 Å². The maximum atomic E-state index is 9.40.